The Labute approximate surface area is 144 Å². The second kappa shape index (κ2) is 6.52. The minimum atomic E-state index is 0.765. The van der Waals surface area contributed by atoms with Crippen molar-refractivity contribution in [3.63, 3.8) is 0 Å². The number of aromatic nitrogens is 3. The molecule has 4 rings (SSSR count). The third-order valence-corrected chi connectivity index (χ3v) is 5.41. The van der Waals surface area contributed by atoms with Crippen molar-refractivity contribution in [2.45, 2.75) is 13.2 Å². The van der Waals surface area contributed by atoms with E-state index < -0.39 is 0 Å². The first-order valence-corrected chi connectivity index (χ1v) is 9.15. The Morgan fingerprint density at radius 2 is 1.91 bits per heavy atom. The monoisotopic (exact) mass is 345 g/mol. The molecule has 0 spiro atoms. The van der Waals surface area contributed by atoms with Gasteiger partial charge >= 0.3 is 0 Å². The second-order valence-electron chi connectivity index (χ2n) is 5.88. The molecule has 0 aliphatic carbocycles. The van der Waals surface area contributed by atoms with Gasteiger partial charge in [0, 0.05) is 38.9 Å². The average Bonchev–Trinajstić information content (AvgIpc) is 3.19. The number of pyridine rings is 1. The molecule has 7 heteroatoms. The summed E-state index contributed by atoms with van der Waals surface area (Å²) in [5.74, 6) is 0. The van der Waals surface area contributed by atoms with Crippen LogP contribution in [0.15, 0.2) is 41.2 Å². The van der Waals surface area contributed by atoms with Crippen molar-refractivity contribution in [1.82, 2.24) is 24.0 Å². The number of nitrogens with zero attached hydrogens (tertiary/aromatic N) is 5. The predicted molar refractivity (Wildman–Crippen MR) is 95.2 cm³/mol. The van der Waals surface area contributed by atoms with E-state index in [1.54, 1.807) is 11.3 Å². The maximum Gasteiger partial charge on any atom is 0.203 e. The Morgan fingerprint density at radius 1 is 1.09 bits per heavy atom. The van der Waals surface area contributed by atoms with Crippen molar-refractivity contribution in [3.8, 4) is 0 Å². The fourth-order valence-electron chi connectivity index (χ4n) is 2.98. The van der Waals surface area contributed by atoms with Gasteiger partial charge < -0.3 is 0 Å². The lowest BCUT2D eigenvalue weighted by molar-refractivity contribution is 0.0983. The molecule has 0 unspecified atom stereocenters. The van der Waals surface area contributed by atoms with Crippen LogP contribution in [0.1, 0.15) is 5.56 Å². The van der Waals surface area contributed by atoms with Crippen LogP contribution in [0.5, 0.6) is 0 Å². The molecule has 4 heterocycles. The van der Waals surface area contributed by atoms with Crippen LogP contribution in [0.2, 0.25) is 0 Å². The Bertz CT molecular complexity index is 828. The summed E-state index contributed by atoms with van der Waals surface area (Å²) >= 11 is 7.29. The van der Waals surface area contributed by atoms with Crippen LogP contribution in [-0.4, -0.2) is 50.2 Å². The highest BCUT2D eigenvalue weighted by Gasteiger charge is 2.18. The van der Waals surface area contributed by atoms with Gasteiger partial charge in [-0.15, -0.1) is 0 Å². The molecular formula is C16H19N5S2. The van der Waals surface area contributed by atoms with Crippen LogP contribution in [0, 0.1) is 4.77 Å². The van der Waals surface area contributed by atoms with Crippen molar-refractivity contribution >= 4 is 29.2 Å². The minimum absolute atomic E-state index is 0.765. The molecule has 23 heavy (non-hydrogen) atoms. The average molecular weight is 345 g/mol. The standard InChI is InChI=1S/C16H19N5S2/c22-16-20-5-2-1-3-15(20)17-21(16)13-19-8-6-18(7-9-19)11-14-4-10-23-12-14/h1-5,10,12H,6-9,11,13H2. The van der Waals surface area contributed by atoms with Gasteiger partial charge in [-0.2, -0.15) is 16.4 Å². The third kappa shape index (κ3) is 3.23. The van der Waals surface area contributed by atoms with E-state index in [0.29, 0.717) is 0 Å². The van der Waals surface area contributed by atoms with Gasteiger partial charge in [0.25, 0.3) is 0 Å². The summed E-state index contributed by atoms with van der Waals surface area (Å²) in [6.07, 6.45) is 1.97. The van der Waals surface area contributed by atoms with E-state index in [2.05, 4.69) is 31.7 Å². The molecule has 0 bridgehead atoms. The number of piperazine rings is 1. The predicted octanol–water partition coefficient (Wildman–Crippen LogP) is 2.70. The second-order valence-corrected chi connectivity index (χ2v) is 7.02. The van der Waals surface area contributed by atoms with Crippen LogP contribution in [0.3, 0.4) is 0 Å². The van der Waals surface area contributed by atoms with Gasteiger partial charge in [-0.3, -0.25) is 14.2 Å². The van der Waals surface area contributed by atoms with E-state index in [-0.39, 0.29) is 0 Å². The fraction of sp³-hybridized carbons (Fsp3) is 0.375. The zero-order chi connectivity index (χ0) is 15.6. The molecule has 3 aromatic rings. The topological polar surface area (TPSA) is 28.7 Å². The van der Waals surface area contributed by atoms with E-state index >= 15 is 0 Å². The molecule has 0 N–H and O–H groups in total. The molecule has 0 amide bonds. The van der Waals surface area contributed by atoms with E-state index in [9.17, 15) is 0 Å². The highest BCUT2D eigenvalue weighted by Crippen LogP contribution is 2.12. The van der Waals surface area contributed by atoms with Crippen molar-refractivity contribution in [2.24, 2.45) is 0 Å². The highest BCUT2D eigenvalue weighted by atomic mass is 32.1. The van der Waals surface area contributed by atoms with Crippen molar-refractivity contribution in [3.05, 3.63) is 51.6 Å². The van der Waals surface area contributed by atoms with Gasteiger partial charge in [0.2, 0.25) is 4.77 Å². The summed E-state index contributed by atoms with van der Waals surface area (Å²) in [6, 6.07) is 8.18. The molecule has 0 atom stereocenters. The molecule has 0 aromatic carbocycles. The van der Waals surface area contributed by atoms with Gasteiger partial charge in [0.15, 0.2) is 5.65 Å². The Morgan fingerprint density at radius 3 is 2.65 bits per heavy atom. The minimum Gasteiger partial charge on any atom is -0.297 e. The first-order valence-electron chi connectivity index (χ1n) is 7.79. The molecule has 5 nitrogen and oxygen atoms in total. The van der Waals surface area contributed by atoms with E-state index in [1.807, 2.05) is 33.5 Å². The number of thiophene rings is 1. The molecule has 3 aromatic heterocycles. The lowest BCUT2D eigenvalue weighted by atomic mass is 10.2. The summed E-state index contributed by atoms with van der Waals surface area (Å²) in [5.41, 5.74) is 2.33. The van der Waals surface area contributed by atoms with Gasteiger partial charge in [-0.1, -0.05) is 6.07 Å². The normalized spacial score (nSPS) is 17.0. The number of hydrogen-bond acceptors (Lipinski definition) is 5. The Balaban J connectivity index is 1.39. The summed E-state index contributed by atoms with van der Waals surface area (Å²) < 4.78 is 4.66. The number of rotatable bonds is 4. The van der Waals surface area contributed by atoms with Crippen molar-refractivity contribution in [2.75, 3.05) is 26.2 Å². The van der Waals surface area contributed by atoms with Crippen molar-refractivity contribution < 1.29 is 0 Å². The molecule has 1 aliphatic heterocycles. The lowest BCUT2D eigenvalue weighted by Crippen LogP contribution is -2.46. The quantitative estimate of drug-likeness (QED) is 0.680. The highest BCUT2D eigenvalue weighted by molar-refractivity contribution is 7.71. The van der Waals surface area contributed by atoms with E-state index in [0.717, 1.165) is 49.8 Å². The molecular weight excluding hydrogens is 326 g/mol. The molecule has 120 valence electrons. The van der Waals surface area contributed by atoms with Gasteiger partial charge in [0.1, 0.15) is 0 Å². The molecule has 1 fully saturated rings. The SMILES string of the molecule is S=c1n(CN2CCN(Cc3ccsc3)CC2)nc2ccccn12. The van der Waals surface area contributed by atoms with Crippen LogP contribution < -0.4 is 0 Å². The summed E-state index contributed by atoms with van der Waals surface area (Å²) in [6.45, 7) is 6.13. The number of fused-ring (bicyclic) bond motifs is 1. The number of hydrogen-bond donors (Lipinski definition) is 0. The Hall–Kier alpha value is -1.54. The van der Waals surface area contributed by atoms with Crippen LogP contribution in [0.4, 0.5) is 0 Å². The molecule has 0 saturated carbocycles. The smallest absolute Gasteiger partial charge is 0.203 e. The van der Waals surface area contributed by atoms with Gasteiger partial charge in [0.05, 0.1) is 6.67 Å². The first kappa shape index (κ1) is 15.0. The molecule has 0 radical (unpaired) electrons. The van der Waals surface area contributed by atoms with Gasteiger partial charge in [-0.05, 0) is 46.7 Å². The summed E-state index contributed by atoms with van der Waals surface area (Å²) in [7, 11) is 0. The first-order chi connectivity index (χ1) is 11.3. The molecule has 1 saturated heterocycles. The van der Waals surface area contributed by atoms with Crippen LogP contribution in [-0.2, 0) is 13.2 Å². The maximum absolute atomic E-state index is 5.52. The summed E-state index contributed by atoms with van der Waals surface area (Å²) in [5, 5.41) is 9.00. The molecule has 1 aliphatic rings. The Kier molecular flexibility index (Phi) is 4.26. The summed E-state index contributed by atoms with van der Waals surface area (Å²) in [4.78, 5) is 4.94. The van der Waals surface area contributed by atoms with Crippen molar-refractivity contribution in [1.29, 1.82) is 0 Å². The zero-order valence-corrected chi connectivity index (χ0v) is 14.5. The fourth-order valence-corrected chi connectivity index (χ4v) is 3.89. The third-order valence-electron chi connectivity index (χ3n) is 4.27. The van der Waals surface area contributed by atoms with Gasteiger partial charge in [-0.25, -0.2) is 4.68 Å². The van der Waals surface area contributed by atoms with Crippen LogP contribution in [0.25, 0.3) is 5.65 Å². The van der Waals surface area contributed by atoms with E-state index in [1.165, 1.54) is 5.56 Å². The lowest BCUT2D eigenvalue weighted by Gasteiger charge is -2.34. The van der Waals surface area contributed by atoms with Crippen LogP contribution >= 0.6 is 23.6 Å². The largest absolute Gasteiger partial charge is 0.297 e. The zero-order valence-electron chi connectivity index (χ0n) is 12.8. The van der Waals surface area contributed by atoms with E-state index in [4.69, 9.17) is 12.2 Å². The maximum atomic E-state index is 5.52.